The molecule has 0 saturated heterocycles. The number of benzene rings is 1. The van der Waals surface area contributed by atoms with Gasteiger partial charge in [-0.2, -0.15) is 20.1 Å². The quantitative estimate of drug-likeness (QED) is 0.730. The summed E-state index contributed by atoms with van der Waals surface area (Å²) >= 11 is 1.55. The molecule has 8 heteroatoms. The van der Waals surface area contributed by atoms with Crippen LogP contribution in [-0.4, -0.2) is 39.2 Å². The average Bonchev–Trinajstić information content (AvgIpc) is 2.54. The largest absolute Gasteiger partial charge is 0.368 e. The Bertz CT molecular complexity index is 832. The van der Waals surface area contributed by atoms with Gasteiger partial charge in [-0.05, 0) is 6.92 Å². The molecule has 0 saturated carbocycles. The van der Waals surface area contributed by atoms with Gasteiger partial charge in [0.15, 0.2) is 0 Å². The van der Waals surface area contributed by atoms with Gasteiger partial charge in [0.2, 0.25) is 11.9 Å². The van der Waals surface area contributed by atoms with Crippen LogP contribution in [0.5, 0.6) is 0 Å². The predicted octanol–water partition coefficient (Wildman–Crippen LogP) is 2.32. The number of hydrogen-bond donors (Lipinski definition) is 1. The average molecular weight is 327 g/mol. The molecule has 0 amide bonds. The van der Waals surface area contributed by atoms with E-state index in [0.29, 0.717) is 11.8 Å². The number of rotatable bonds is 4. The lowest BCUT2D eigenvalue weighted by atomic mass is 10.2. The Balaban J connectivity index is 1.93. The van der Waals surface area contributed by atoms with Crippen LogP contribution < -0.4 is 10.6 Å². The summed E-state index contributed by atoms with van der Waals surface area (Å²) in [4.78, 5) is 14.6. The van der Waals surface area contributed by atoms with Crippen molar-refractivity contribution in [2.75, 3.05) is 24.7 Å². The minimum atomic E-state index is -0.0286. The van der Waals surface area contributed by atoms with Gasteiger partial charge >= 0.3 is 0 Å². The van der Waals surface area contributed by atoms with Crippen LogP contribution in [0.1, 0.15) is 18.0 Å². The van der Waals surface area contributed by atoms with E-state index < -0.39 is 0 Å². The van der Waals surface area contributed by atoms with Crippen molar-refractivity contribution >= 4 is 34.4 Å². The topological polar surface area (TPSA) is 93.7 Å². The lowest BCUT2D eigenvalue weighted by Crippen LogP contribution is -2.16. The summed E-state index contributed by atoms with van der Waals surface area (Å²) in [7, 11) is 3.74. The van der Waals surface area contributed by atoms with Gasteiger partial charge in [-0.25, -0.2) is 0 Å². The van der Waals surface area contributed by atoms with Crippen LogP contribution in [0.4, 0.5) is 11.9 Å². The van der Waals surface area contributed by atoms with E-state index in [2.05, 4.69) is 25.1 Å². The third-order valence-electron chi connectivity index (χ3n) is 3.25. The van der Waals surface area contributed by atoms with Crippen molar-refractivity contribution in [2.24, 2.45) is 0 Å². The number of nitrogens with two attached hydrogens (primary N) is 1. The number of thioether (sulfide) groups is 1. The van der Waals surface area contributed by atoms with Gasteiger partial charge in [-0.3, -0.25) is 0 Å². The number of anilines is 2. The van der Waals surface area contributed by atoms with Crippen molar-refractivity contribution < 1.29 is 0 Å². The molecule has 1 aromatic carbocycles. The molecule has 23 heavy (non-hydrogen) atoms. The van der Waals surface area contributed by atoms with Crippen molar-refractivity contribution in [3.05, 3.63) is 36.3 Å². The monoisotopic (exact) mass is 327 g/mol. The molecule has 7 nitrogen and oxygen atoms in total. The molecule has 2 N–H and O–H groups in total. The Morgan fingerprint density at radius 2 is 1.91 bits per heavy atom. The predicted molar refractivity (Wildman–Crippen MR) is 92.4 cm³/mol. The van der Waals surface area contributed by atoms with Crippen LogP contribution in [-0.2, 0) is 0 Å². The first-order valence-electron chi connectivity index (χ1n) is 7.10. The molecule has 2 heterocycles. The van der Waals surface area contributed by atoms with E-state index in [-0.39, 0.29) is 11.2 Å². The van der Waals surface area contributed by atoms with Crippen molar-refractivity contribution in [1.82, 2.24) is 25.1 Å². The van der Waals surface area contributed by atoms with Crippen LogP contribution in [0.2, 0.25) is 0 Å². The van der Waals surface area contributed by atoms with E-state index in [1.807, 2.05) is 45.3 Å². The lowest BCUT2D eigenvalue weighted by molar-refractivity contribution is 0.860. The van der Waals surface area contributed by atoms with E-state index in [0.717, 1.165) is 15.8 Å². The zero-order valence-electron chi connectivity index (χ0n) is 13.1. The fraction of sp³-hybridized carbons (Fsp3) is 0.267. The van der Waals surface area contributed by atoms with Crippen molar-refractivity contribution in [3.8, 4) is 0 Å². The third kappa shape index (κ3) is 3.31. The number of aromatic nitrogens is 5. The van der Waals surface area contributed by atoms with Crippen LogP contribution in [0.15, 0.2) is 35.5 Å². The van der Waals surface area contributed by atoms with E-state index >= 15 is 0 Å². The number of nitrogen functional groups attached to an aromatic ring is 1. The number of hydrogen-bond acceptors (Lipinski definition) is 8. The summed E-state index contributed by atoms with van der Waals surface area (Å²) in [5.41, 5.74) is 5.79. The summed E-state index contributed by atoms with van der Waals surface area (Å²) in [6.07, 6.45) is 1.76. The first-order chi connectivity index (χ1) is 11.0. The third-order valence-corrected chi connectivity index (χ3v) is 4.34. The fourth-order valence-electron chi connectivity index (χ4n) is 2.09. The second-order valence-electron chi connectivity index (χ2n) is 5.24. The van der Waals surface area contributed by atoms with Gasteiger partial charge < -0.3 is 10.6 Å². The Morgan fingerprint density at radius 1 is 1.13 bits per heavy atom. The molecule has 0 spiro atoms. The standard InChI is InChI=1S/C15H17N7S/c1-9(12-18-14(16)20-15(19-12)22(2)3)23-13-11-7-5-4-6-10(11)8-17-21-13/h4-9H,1-3H3,(H2,16,18,19,20)/t9-/m0/s1. The van der Waals surface area contributed by atoms with Crippen molar-refractivity contribution in [3.63, 3.8) is 0 Å². The van der Waals surface area contributed by atoms with E-state index in [9.17, 15) is 0 Å². The van der Waals surface area contributed by atoms with Gasteiger partial charge in [0.05, 0.1) is 11.4 Å². The minimum Gasteiger partial charge on any atom is -0.368 e. The van der Waals surface area contributed by atoms with E-state index in [1.54, 1.807) is 22.9 Å². The summed E-state index contributed by atoms with van der Waals surface area (Å²) in [5, 5.41) is 11.3. The molecule has 3 aromatic rings. The molecule has 2 aromatic heterocycles. The maximum absolute atomic E-state index is 5.79. The van der Waals surface area contributed by atoms with Gasteiger partial charge in [0.1, 0.15) is 10.9 Å². The zero-order valence-corrected chi connectivity index (χ0v) is 13.9. The van der Waals surface area contributed by atoms with Gasteiger partial charge in [0.25, 0.3) is 0 Å². The van der Waals surface area contributed by atoms with Crippen molar-refractivity contribution in [1.29, 1.82) is 0 Å². The maximum atomic E-state index is 5.79. The Kier molecular flexibility index (Phi) is 4.24. The summed E-state index contributed by atoms with van der Waals surface area (Å²) < 4.78 is 0. The van der Waals surface area contributed by atoms with E-state index in [4.69, 9.17) is 5.73 Å². The Labute approximate surface area is 138 Å². The Morgan fingerprint density at radius 3 is 2.70 bits per heavy atom. The highest BCUT2D eigenvalue weighted by Crippen LogP contribution is 2.35. The van der Waals surface area contributed by atoms with Crippen LogP contribution in [0.3, 0.4) is 0 Å². The molecule has 3 rings (SSSR count). The molecule has 0 radical (unpaired) electrons. The molecular weight excluding hydrogens is 310 g/mol. The molecule has 0 unspecified atom stereocenters. The summed E-state index contributed by atoms with van der Waals surface area (Å²) in [6, 6.07) is 8.03. The molecule has 0 fully saturated rings. The second-order valence-corrected chi connectivity index (χ2v) is 6.57. The van der Waals surface area contributed by atoms with Crippen LogP contribution in [0, 0.1) is 0 Å². The normalized spacial score (nSPS) is 12.3. The highest BCUT2D eigenvalue weighted by Gasteiger charge is 2.16. The molecule has 118 valence electrons. The molecule has 0 aliphatic rings. The van der Waals surface area contributed by atoms with E-state index in [1.165, 1.54) is 0 Å². The molecule has 0 aliphatic carbocycles. The number of nitrogens with zero attached hydrogens (tertiary/aromatic N) is 6. The molecule has 1 atom stereocenters. The first kappa shape index (κ1) is 15.4. The second kappa shape index (κ2) is 6.33. The van der Waals surface area contributed by atoms with Gasteiger partial charge in [-0.15, -0.1) is 5.10 Å². The summed E-state index contributed by atoms with van der Waals surface area (Å²) in [6.45, 7) is 2.02. The lowest BCUT2D eigenvalue weighted by Gasteiger charge is -2.14. The first-order valence-corrected chi connectivity index (χ1v) is 7.98. The smallest absolute Gasteiger partial charge is 0.229 e. The number of fused-ring (bicyclic) bond motifs is 1. The summed E-state index contributed by atoms with van der Waals surface area (Å²) in [5.74, 6) is 1.39. The van der Waals surface area contributed by atoms with Gasteiger partial charge in [-0.1, -0.05) is 36.0 Å². The van der Waals surface area contributed by atoms with Crippen LogP contribution in [0.25, 0.3) is 10.8 Å². The minimum absolute atomic E-state index is 0.0286. The fourth-order valence-corrected chi connectivity index (χ4v) is 3.04. The zero-order chi connectivity index (χ0) is 16.4. The van der Waals surface area contributed by atoms with Crippen molar-refractivity contribution in [2.45, 2.75) is 17.2 Å². The molecule has 0 aliphatic heterocycles. The van der Waals surface area contributed by atoms with Gasteiger partial charge in [0, 0.05) is 24.9 Å². The Hall–Kier alpha value is -2.48. The maximum Gasteiger partial charge on any atom is 0.229 e. The highest BCUT2D eigenvalue weighted by atomic mass is 32.2. The van der Waals surface area contributed by atoms with Crippen LogP contribution >= 0.6 is 11.8 Å². The highest BCUT2D eigenvalue weighted by molar-refractivity contribution is 7.99. The molecule has 0 bridgehead atoms. The SMILES string of the molecule is C[C@H](Sc1nncc2ccccc12)c1nc(N)nc(N(C)C)n1. The molecular formula is C15H17N7S.